The molecule has 0 aromatic heterocycles. The highest BCUT2D eigenvalue weighted by Crippen LogP contribution is 2.28. The number of carbonyl (C=O) groups is 2. The van der Waals surface area contributed by atoms with Crippen LogP contribution in [0.5, 0.6) is 5.75 Å². The van der Waals surface area contributed by atoms with Crippen molar-refractivity contribution in [2.75, 3.05) is 38.0 Å². The lowest BCUT2D eigenvalue weighted by atomic mass is 10.1. The molecular weight excluding hydrogens is 354 g/mol. The molecule has 2 rings (SSSR count). The van der Waals surface area contributed by atoms with Crippen LogP contribution < -0.4 is 15.0 Å². The molecule has 0 spiro atoms. The van der Waals surface area contributed by atoms with Gasteiger partial charge in [-0.3, -0.25) is 14.9 Å². The van der Waals surface area contributed by atoms with Crippen LogP contribution in [0.1, 0.15) is 10.4 Å². The van der Waals surface area contributed by atoms with Crippen molar-refractivity contribution in [2.24, 2.45) is 0 Å². The van der Waals surface area contributed by atoms with Gasteiger partial charge in [0.2, 0.25) is 0 Å². The van der Waals surface area contributed by atoms with Gasteiger partial charge in [-0.25, -0.2) is 4.79 Å². The van der Waals surface area contributed by atoms with Crippen molar-refractivity contribution in [1.29, 1.82) is 0 Å². The normalized spacial score (nSPS) is 10.0. The average molecular weight is 373 g/mol. The molecule has 0 unspecified atom stereocenters. The monoisotopic (exact) mass is 373 g/mol. The minimum absolute atomic E-state index is 0.0125. The van der Waals surface area contributed by atoms with Crippen LogP contribution in [-0.4, -0.2) is 44.6 Å². The summed E-state index contributed by atoms with van der Waals surface area (Å²) in [4.78, 5) is 36.2. The zero-order valence-electron chi connectivity index (χ0n) is 15.1. The van der Waals surface area contributed by atoms with E-state index < -0.39 is 23.4 Å². The molecule has 0 heterocycles. The summed E-state index contributed by atoms with van der Waals surface area (Å²) < 4.78 is 9.99. The number of nitrogens with zero attached hydrogens (tertiary/aromatic N) is 2. The van der Waals surface area contributed by atoms with Crippen molar-refractivity contribution in [3.8, 4) is 5.75 Å². The molecule has 0 radical (unpaired) electrons. The van der Waals surface area contributed by atoms with Gasteiger partial charge in [-0.1, -0.05) is 6.07 Å². The average Bonchev–Trinajstić information content (AvgIpc) is 2.65. The van der Waals surface area contributed by atoms with E-state index in [1.807, 2.05) is 0 Å². The number of nitro groups is 1. The molecular formula is C18H19N3O6. The second-order valence-corrected chi connectivity index (χ2v) is 5.71. The van der Waals surface area contributed by atoms with E-state index in [1.54, 1.807) is 43.3 Å². The van der Waals surface area contributed by atoms with Crippen LogP contribution in [0.25, 0.3) is 0 Å². The third kappa shape index (κ3) is 5.18. The Balaban J connectivity index is 2.01. The number of nitrogens with one attached hydrogen (secondary N) is 1. The van der Waals surface area contributed by atoms with Gasteiger partial charge in [-0.05, 0) is 24.3 Å². The lowest BCUT2D eigenvalue weighted by Crippen LogP contribution is -2.21. The van der Waals surface area contributed by atoms with E-state index in [0.717, 1.165) is 6.07 Å². The molecule has 0 aliphatic rings. The number of hydrogen-bond acceptors (Lipinski definition) is 7. The van der Waals surface area contributed by atoms with Crippen molar-refractivity contribution >= 4 is 28.9 Å². The van der Waals surface area contributed by atoms with Gasteiger partial charge in [-0.2, -0.15) is 0 Å². The zero-order chi connectivity index (χ0) is 20.0. The molecule has 0 saturated heterocycles. The molecule has 0 saturated carbocycles. The number of benzene rings is 2. The molecule has 142 valence electrons. The van der Waals surface area contributed by atoms with Gasteiger partial charge >= 0.3 is 5.97 Å². The van der Waals surface area contributed by atoms with E-state index in [-0.39, 0.29) is 11.3 Å². The highest BCUT2D eigenvalue weighted by atomic mass is 16.6. The Bertz CT molecular complexity index is 866. The maximum absolute atomic E-state index is 12.1. The number of rotatable bonds is 7. The van der Waals surface area contributed by atoms with E-state index in [0.29, 0.717) is 17.1 Å². The summed E-state index contributed by atoms with van der Waals surface area (Å²) >= 11 is 0. The minimum Gasteiger partial charge on any atom is -0.497 e. The molecule has 27 heavy (non-hydrogen) atoms. The number of anilines is 2. The summed E-state index contributed by atoms with van der Waals surface area (Å²) in [5.74, 6) is -0.807. The van der Waals surface area contributed by atoms with Crippen LogP contribution in [0, 0.1) is 10.1 Å². The van der Waals surface area contributed by atoms with Crippen molar-refractivity contribution in [3.63, 3.8) is 0 Å². The van der Waals surface area contributed by atoms with E-state index in [4.69, 9.17) is 9.47 Å². The van der Waals surface area contributed by atoms with Crippen LogP contribution in [0.3, 0.4) is 0 Å². The smallest absolute Gasteiger partial charge is 0.338 e. The number of amides is 1. The third-order valence-corrected chi connectivity index (χ3v) is 3.58. The SMILES string of the molecule is COc1cccc(NC(=O)COC(=O)c2ccc(N(C)C)c([N+](=O)[O-])c2)c1. The molecule has 0 fully saturated rings. The number of ether oxygens (including phenoxy) is 2. The predicted octanol–water partition coefficient (Wildman–Crippen LogP) is 2.46. The van der Waals surface area contributed by atoms with Gasteiger partial charge in [0.05, 0.1) is 17.6 Å². The fraction of sp³-hybridized carbons (Fsp3) is 0.222. The second kappa shape index (κ2) is 8.65. The summed E-state index contributed by atoms with van der Waals surface area (Å²) in [7, 11) is 4.82. The number of nitro benzene ring substituents is 1. The standard InChI is InChI=1S/C18H19N3O6/c1-20(2)15-8-7-12(9-16(15)21(24)25)18(23)27-11-17(22)19-13-5-4-6-14(10-13)26-3/h4-10H,11H2,1-3H3,(H,19,22). The van der Waals surface area contributed by atoms with Crippen molar-refractivity contribution in [1.82, 2.24) is 0 Å². The molecule has 0 aliphatic carbocycles. The number of carbonyl (C=O) groups excluding carboxylic acids is 2. The van der Waals surface area contributed by atoms with E-state index in [1.165, 1.54) is 19.2 Å². The molecule has 9 nitrogen and oxygen atoms in total. The Labute approximate surface area is 155 Å². The Hall–Kier alpha value is -3.62. The van der Waals surface area contributed by atoms with Crippen LogP contribution >= 0.6 is 0 Å². The predicted molar refractivity (Wildman–Crippen MR) is 99.3 cm³/mol. The highest BCUT2D eigenvalue weighted by molar-refractivity contribution is 5.96. The molecule has 0 atom stereocenters. The van der Waals surface area contributed by atoms with Crippen LogP contribution in [0.15, 0.2) is 42.5 Å². The Morgan fingerprint density at radius 2 is 1.93 bits per heavy atom. The Morgan fingerprint density at radius 3 is 2.56 bits per heavy atom. The lowest BCUT2D eigenvalue weighted by Gasteiger charge is -2.13. The fourth-order valence-electron chi connectivity index (χ4n) is 2.29. The third-order valence-electron chi connectivity index (χ3n) is 3.58. The maximum Gasteiger partial charge on any atom is 0.338 e. The summed E-state index contributed by atoms with van der Waals surface area (Å²) in [5.41, 5.74) is 0.602. The Kier molecular flexibility index (Phi) is 6.32. The molecule has 0 aliphatic heterocycles. The van der Waals surface area contributed by atoms with Gasteiger partial charge in [-0.15, -0.1) is 0 Å². The first-order valence-corrected chi connectivity index (χ1v) is 7.88. The van der Waals surface area contributed by atoms with Crippen molar-refractivity contribution in [3.05, 3.63) is 58.1 Å². The van der Waals surface area contributed by atoms with Gasteiger partial charge in [0, 0.05) is 31.9 Å². The second-order valence-electron chi connectivity index (χ2n) is 5.71. The fourth-order valence-corrected chi connectivity index (χ4v) is 2.29. The van der Waals surface area contributed by atoms with E-state index in [2.05, 4.69) is 5.32 Å². The van der Waals surface area contributed by atoms with Crippen LogP contribution in [0.2, 0.25) is 0 Å². The number of hydrogen-bond donors (Lipinski definition) is 1. The summed E-state index contributed by atoms with van der Waals surface area (Å²) in [6, 6.07) is 10.7. The lowest BCUT2D eigenvalue weighted by molar-refractivity contribution is -0.384. The van der Waals surface area contributed by atoms with Gasteiger partial charge < -0.3 is 19.7 Å². The highest BCUT2D eigenvalue weighted by Gasteiger charge is 2.20. The summed E-state index contributed by atoms with van der Waals surface area (Å²) in [6.07, 6.45) is 0. The molecule has 2 aromatic carbocycles. The molecule has 2 aromatic rings. The molecule has 9 heteroatoms. The maximum atomic E-state index is 12.1. The first kappa shape index (κ1) is 19.7. The minimum atomic E-state index is -0.829. The molecule has 1 N–H and O–H groups in total. The van der Waals surface area contributed by atoms with E-state index in [9.17, 15) is 19.7 Å². The topological polar surface area (TPSA) is 111 Å². The van der Waals surface area contributed by atoms with Crippen molar-refractivity contribution < 1.29 is 24.0 Å². The number of methoxy groups -OCH3 is 1. The summed E-state index contributed by atoms with van der Waals surface area (Å²) in [5, 5.41) is 13.7. The van der Waals surface area contributed by atoms with Crippen LogP contribution in [0.4, 0.5) is 17.1 Å². The van der Waals surface area contributed by atoms with Gasteiger partial charge in [0.25, 0.3) is 11.6 Å². The molecule has 0 bridgehead atoms. The van der Waals surface area contributed by atoms with Gasteiger partial charge in [0.15, 0.2) is 6.61 Å². The van der Waals surface area contributed by atoms with Crippen molar-refractivity contribution in [2.45, 2.75) is 0 Å². The first-order chi connectivity index (χ1) is 12.8. The molecule has 1 amide bonds. The summed E-state index contributed by atoms with van der Waals surface area (Å²) in [6.45, 7) is -0.528. The first-order valence-electron chi connectivity index (χ1n) is 7.88. The number of esters is 1. The quantitative estimate of drug-likeness (QED) is 0.451. The zero-order valence-corrected chi connectivity index (χ0v) is 15.1. The van der Waals surface area contributed by atoms with Gasteiger partial charge in [0.1, 0.15) is 11.4 Å². The Morgan fingerprint density at radius 1 is 1.19 bits per heavy atom. The van der Waals surface area contributed by atoms with Crippen LogP contribution in [-0.2, 0) is 9.53 Å². The largest absolute Gasteiger partial charge is 0.497 e. The van der Waals surface area contributed by atoms with E-state index >= 15 is 0 Å².